The minimum Gasteiger partial charge on any atom is -0.451 e. The Bertz CT molecular complexity index is 875. The number of benzene rings is 1. The number of fused-ring (bicyclic) bond motifs is 1. The first-order valence-corrected chi connectivity index (χ1v) is 9.19. The van der Waals surface area contributed by atoms with Crippen LogP contribution in [0.4, 0.5) is 14.5 Å². The van der Waals surface area contributed by atoms with Crippen LogP contribution in [0.1, 0.15) is 26.7 Å². The molecule has 2 aliphatic rings. The zero-order chi connectivity index (χ0) is 21.3. The number of hydrogen-bond acceptors (Lipinski definition) is 5. The Balaban J connectivity index is 1.63. The molecule has 1 heterocycles. The van der Waals surface area contributed by atoms with E-state index in [1.165, 1.54) is 13.8 Å². The van der Waals surface area contributed by atoms with Gasteiger partial charge in [0.05, 0.1) is 17.5 Å². The van der Waals surface area contributed by atoms with E-state index in [1.807, 2.05) is 12.2 Å². The Hall–Kier alpha value is -3.10. The first-order valence-electron chi connectivity index (χ1n) is 9.19. The van der Waals surface area contributed by atoms with Crippen molar-refractivity contribution in [3.8, 4) is 0 Å². The van der Waals surface area contributed by atoms with Crippen molar-refractivity contribution < 1.29 is 32.7 Å². The van der Waals surface area contributed by atoms with Crippen molar-refractivity contribution in [1.29, 1.82) is 0 Å². The maximum absolute atomic E-state index is 13.6. The molecule has 3 amide bonds. The zero-order valence-electron chi connectivity index (χ0n) is 15.9. The van der Waals surface area contributed by atoms with Crippen LogP contribution in [0.2, 0.25) is 0 Å². The van der Waals surface area contributed by atoms with Crippen molar-refractivity contribution in [3.05, 3.63) is 42.0 Å². The molecule has 0 spiro atoms. The van der Waals surface area contributed by atoms with Crippen molar-refractivity contribution in [2.45, 2.75) is 38.8 Å². The quantitative estimate of drug-likeness (QED) is 0.460. The number of nitrogens with zero attached hydrogens (tertiary/aromatic N) is 1. The predicted octanol–water partition coefficient (Wildman–Crippen LogP) is 2.17. The highest BCUT2D eigenvalue weighted by Gasteiger charge is 2.50. The van der Waals surface area contributed by atoms with Crippen molar-refractivity contribution in [1.82, 2.24) is 4.90 Å². The Morgan fingerprint density at radius 1 is 1.10 bits per heavy atom. The molecule has 0 saturated carbocycles. The van der Waals surface area contributed by atoms with Crippen LogP contribution >= 0.6 is 0 Å². The Kier molecular flexibility index (Phi) is 5.76. The first kappa shape index (κ1) is 20.6. The van der Waals surface area contributed by atoms with E-state index in [0.29, 0.717) is 12.8 Å². The number of ether oxygens (including phenoxy) is 1. The Labute approximate surface area is 165 Å². The second-order valence-corrected chi connectivity index (χ2v) is 7.07. The van der Waals surface area contributed by atoms with E-state index in [1.54, 1.807) is 0 Å². The van der Waals surface area contributed by atoms with Gasteiger partial charge in [-0.05, 0) is 38.8 Å². The van der Waals surface area contributed by atoms with Gasteiger partial charge in [0, 0.05) is 6.07 Å². The topological polar surface area (TPSA) is 92.8 Å². The van der Waals surface area contributed by atoms with E-state index in [-0.39, 0.29) is 0 Å². The highest BCUT2D eigenvalue weighted by atomic mass is 19.1. The molecule has 7 nitrogen and oxygen atoms in total. The molecule has 4 atom stereocenters. The van der Waals surface area contributed by atoms with Gasteiger partial charge in [0.25, 0.3) is 5.91 Å². The lowest BCUT2D eigenvalue weighted by molar-refractivity contribution is -0.163. The molecule has 1 aromatic carbocycles. The SMILES string of the molecule is C[C@@H](OC(=O)[C@H](C)N1C(=O)[C@H]2CC=CC[C@@H]2C1=O)C(=O)Nc1cc(F)ccc1F. The van der Waals surface area contributed by atoms with E-state index in [0.717, 1.165) is 23.1 Å². The fourth-order valence-electron chi connectivity index (χ4n) is 3.47. The van der Waals surface area contributed by atoms with Gasteiger partial charge in [-0.2, -0.15) is 0 Å². The van der Waals surface area contributed by atoms with Gasteiger partial charge in [0.15, 0.2) is 6.10 Å². The smallest absolute Gasteiger partial charge is 0.329 e. The monoisotopic (exact) mass is 406 g/mol. The van der Waals surface area contributed by atoms with Crippen LogP contribution in [-0.2, 0) is 23.9 Å². The van der Waals surface area contributed by atoms with Crippen LogP contribution in [0.15, 0.2) is 30.4 Å². The summed E-state index contributed by atoms with van der Waals surface area (Å²) in [5.41, 5.74) is -0.396. The van der Waals surface area contributed by atoms with Gasteiger partial charge in [0.2, 0.25) is 11.8 Å². The molecule has 154 valence electrons. The third-order valence-corrected chi connectivity index (χ3v) is 5.12. The average Bonchev–Trinajstić information content (AvgIpc) is 2.94. The number of amides is 3. The summed E-state index contributed by atoms with van der Waals surface area (Å²) in [5.74, 6) is -5.27. The van der Waals surface area contributed by atoms with E-state index in [9.17, 15) is 28.0 Å². The minimum atomic E-state index is -1.36. The second kappa shape index (κ2) is 8.10. The number of esters is 1. The molecular formula is C20H20F2N2O5. The molecule has 0 unspecified atom stereocenters. The molecule has 29 heavy (non-hydrogen) atoms. The number of nitrogens with one attached hydrogen (secondary N) is 1. The molecular weight excluding hydrogens is 386 g/mol. The standard InChI is InChI=1S/C20H20F2N2O5/c1-10(24-18(26)13-5-3-4-6-14(13)19(24)27)20(28)29-11(2)17(25)23-16-9-12(21)7-8-15(16)22/h3-4,7-11,13-14H,5-6H2,1-2H3,(H,23,25)/t10-,11+,13-,14-/m0/s1. The number of likely N-dealkylation sites (tertiary alicyclic amines) is 1. The normalized spacial score (nSPS) is 22.8. The number of carbonyl (C=O) groups excluding carboxylic acids is 4. The number of anilines is 1. The van der Waals surface area contributed by atoms with Crippen molar-refractivity contribution in [2.24, 2.45) is 11.8 Å². The second-order valence-electron chi connectivity index (χ2n) is 7.07. The van der Waals surface area contributed by atoms with Gasteiger partial charge in [-0.1, -0.05) is 12.2 Å². The molecule has 0 radical (unpaired) electrons. The molecule has 1 N–H and O–H groups in total. The summed E-state index contributed by atoms with van der Waals surface area (Å²) in [6.07, 6.45) is 3.18. The summed E-state index contributed by atoms with van der Waals surface area (Å²) in [4.78, 5) is 50.5. The van der Waals surface area contributed by atoms with Crippen LogP contribution in [0, 0.1) is 23.5 Å². The summed E-state index contributed by atoms with van der Waals surface area (Å²) in [5, 5.41) is 2.14. The Morgan fingerprint density at radius 3 is 2.28 bits per heavy atom. The maximum atomic E-state index is 13.6. The predicted molar refractivity (Wildman–Crippen MR) is 97.2 cm³/mol. The number of hydrogen-bond donors (Lipinski definition) is 1. The Morgan fingerprint density at radius 2 is 1.69 bits per heavy atom. The summed E-state index contributed by atoms with van der Waals surface area (Å²) in [7, 11) is 0. The third kappa shape index (κ3) is 4.03. The fraction of sp³-hybridized carbons (Fsp3) is 0.400. The molecule has 3 rings (SSSR count). The summed E-state index contributed by atoms with van der Waals surface area (Å²) >= 11 is 0. The van der Waals surface area contributed by atoms with Crippen LogP contribution in [0.3, 0.4) is 0 Å². The minimum absolute atomic E-state index is 0.396. The highest BCUT2D eigenvalue weighted by Crippen LogP contribution is 2.36. The molecule has 0 bridgehead atoms. The molecule has 1 aliphatic heterocycles. The summed E-state index contributed by atoms with van der Waals surface area (Å²) in [6, 6.07) is 1.33. The number of imide groups is 1. The number of allylic oxidation sites excluding steroid dienone is 2. The number of halogens is 2. The molecule has 1 aliphatic carbocycles. The third-order valence-electron chi connectivity index (χ3n) is 5.12. The lowest BCUT2D eigenvalue weighted by Crippen LogP contribution is -2.46. The maximum Gasteiger partial charge on any atom is 0.329 e. The zero-order valence-corrected chi connectivity index (χ0v) is 15.9. The number of rotatable bonds is 5. The highest BCUT2D eigenvalue weighted by molar-refractivity contribution is 6.08. The lowest BCUT2D eigenvalue weighted by Gasteiger charge is -2.23. The van der Waals surface area contributed by atoms with Crippen LogP contribution in [0.25, 0.3) is 0 Å². The van der Waals surface area contributed by atoms with Crippen molar-refractivity contribution >= 4 is 29.4 Å². The van der Waals surface area contributed by atoms with Gasteiger partial charge in [-0.25, -0.2) is 13.6 Å². The summed E-state index contributed by atoms with van der Waals surface area (Å²) in [6.45, 7) is 2.59. The first-order chi connectivity index (χ1) is 13.7. The van der Waals surface area contributed by atoms with Crippen LogP contribution in [0.5, 0.6) is 0 Å². The molecule has 9 heteroatoms. The van der Waals surface area contributed by atoms with E-state index >= 15 is 0 Å². The van der Waals surface area contributed by atoms with Gasteiger partial charge >= 0.3 is 5.97 Å². The van der Waals surface area contributed by atoms with Crippen LogP contribution < -0.4 is 5.32 Å². The van der Waals surface area contributed by atoms with Crippen molar-refractivity contribution in [2.75, 3.05) is 5.32 Å². The van der Waals surface area contributed by atoms with Gasteiger partial charge < -0.3 is 10.1 Å². The summed E-state index contributed by atoms with van der Waals surface area (Å²) < 4.78 is 31.9. The van der Waals surface area contributed by atoms with E-state index in [4.69, 9.17) is 4.74 Å². The largest absolute Gasteiger partial charge is 0.451 e. The molecule has 0 aromatic heterocycles. The van der Waals surface area contributed by atoms with E-state index in [2.05, 4.69) is 5.32 Å². The van der Waals surface area contributed by atoms with Gasteiger partial charge in [0.1, 0.15) is 17.7 Å². The average molecular weight is 406 g/mol. The van der Waals surface area contributed by atoms with Crippen LogP contribution in [-0.4, -0.2) is 40.7 Å². The van der Waals surface area contributed by atoms with Gasteiger partial charge in [-0.3, -0.25) is 19.3 Å². The lowest BCUT2D eigenvalue weighted by atomic mass is 9.85. The number of carbonyl (C=O) groups is 4. The molecule has 1 aromatic rings. The fourth-order valence-corrected chi connectivity index (χ4v) is 3.47. The molecule has 1 fully saturated rings. The van der Waals surface area contributed by atoms with Gasteiger partial charge in [-0.15, -0.1) is 0 Å². The van der Waals surface area contributed by atoms with E-state index < -0.39 is 65.0 Å². The van der Waals surface area contributed by atoms with Crippen molar-refractivity contribution in [3.63, 3.8) is 0 Å². The molecule has 1 saturated heterocycles.